The predicted octanol–water partition coefficient (Wildman–Crippen LogP) is 4.72. The Morgan fingerprint density at radius 1 is 1.15 bits per heavy atom. The summed E-state index contributed by atoms with van der Waals surface area (Å²) in [5, 5.41) is 4.18. The fourth-order valence-electron chi connectivity index (χ4n) is 2.21. The molecule has 144 valence electrons. The van der Waals surface area contributed by atoms with Gasteiger partial charge in [-0.3, -0.25) is 5.43 Å². The van der Waals surface area contributed by atoms with Crippen LogP contribution in [0.15, 0.2) is 48.5 Å². The summed E-state index contributed by atoms with van der Waals surface area (Å²) in [5.74, 6) is -0.487. The SMILES string of the molecule is CC(C=O)N(Nc1cc(F)ccc1Nc1ccccc1)C(=O)OC(C)(C)C. The molecule has 0 aromatic heterocycles. The molecule has 0 bridgehead atoms. The van der Waals surface area contributed by atoms with Crippen LogP contribution in [-0.2, 0) is 9.53 Å². The lowest BCUT2D eigenvalue weighted by Gasteiger charge is -2.30. The molecule has 0 aliphatic heterocycles. The number of anilines is 3. The van der Waals surface area contributed by atoms with E-state index in [1.807, 2.05) is 30.3 Å². The number of benzene rings is 2. The average molecular weight is 373 g/mol. The van der Waals surface area contributed by atoms with Crippen molar-refractivity contribution in [2.75, 3.05) is 10.7 Å². The third kappa shape index (κ3) is 5.99. The summed E-state index contributed by atoms with van der Waals surface area (Å²) in [6.07, 6.45) is -0.141. The third-order valence-corrected chi connectivity index (χ3v) is 3.47. The third-order valence-electron chi connectivity index (χ3n) is 3.47. The van der Waals surface area contributed by atoms with Gasteiger partial charge in [-0.15, -0.1) is 0 Å². The fourth-order valence-corrected chi connectivity index (χ4v) is 2.21. The second kappa shape index (κ2) is 8.53. The highest BCUT2D eigenvalue weighted by atomic mass is 19.1. The van der Waals surface area contributed by atoms with E-state index in [1.54, 1.807) is 26.8 Å². The summed E-state index contributed by atoms with van der Waals surface area (Å²) in [4.78, 5) is 23.8. The van der Waals surface area contributed by atoms with E-state index in [9.17, 15) is 14.0 Å². The van der Waals surface area contributed by atoms with Crippen LogP contribution in [0.5, 0.6) is 0 Å². The molecule has 1 atom stereocenters. The van der Waals surface area contributed by atoms with Crippen molar-refractivity contribution >= 4 is 29.4 Å². The van der Waals surface area contributed by atoms with Crippen LogP contribution in [0.25, 0.3) is 0 Å². The topological polar surface area (TPSA) is 70.7 Å². The molecule has 0 saturated heterocycles. The van der Waals surface area contributed by atoms with Crippen LogP contribution < -0.4 is 10.7 Å². The lowest BCUT2D eigenvalue weighted by Crippen LogP contribution is -2.46. The van der Waals surface area contributed by atoms with Crippen molar-refractivity contribution in [3.63, 3.8) is 0 Å². The Bertz CT molecular complexity index is 791. The molecule has 2 rings (SSSR count). The monoisotopic (exact) mass is 373 g/mol. The predicted molar refractivity (Wildman–Crippen MR) is 103 cm³/mol. The number of aldehydes is 1. The Hall–Kier alpha value is -3.09. The van der Waals surface area contributed by atoms with Crippen molar-refractivity contribution in [1.29, 1.82) is 0 Å². The molecule has 1 amide bonds. The summed E-state index contributed by atoms with van der Waals surface area (Å²) in [5.41, 5.74) is 3.68. The lowest BCUT2D eigenvalue weighted by molar-refractivity contribution is -0.111. The van der Waals surface area contributed by atoms with E-state index >= 15 is 0 Å². The first kappa shape index (κ1) is 20.2. The van der Waals surface area contributed by atoms with E-state index in [2.05, 4.69) is 10.7 Å². The van der Waals surface area contributed by atoms with Crippen molar-refractivity contribution in [3.8, 4) is 0 Å². The first-order chi connectivity index (χ1) is 12.7. The van der Waals surface area contributed by atoms with Crippen molar-refractivity contribution in [2.24, 2.45) is 0 Å². The zero-order valence-corrected chi connectivity index (χ0v) is 15.8. The van der Waals surface area contributed by atoms with Gasteiger partial charge in [0.2, 0.25) is 0 Å². The van der Waals surface area contributed by atoms with Crippen LogP contribution in [-0.4, -0.2) is 29.0 Å². The molecule has 0 fully saturated rings. The molecule has 2 N–H and O–H groups in total. The molecule has 2 aromatic carbocycles. The smallest absolute Gasteiger partial charge is 0.429 e. The first-order valence-corrected chi connectivity index (χ1v) is 8.55. The molecular weight excluding hydrogens is 349 g/mol. The molecule has 7 heteroatoms. The van der Waals surface area contributed by atoms with Gasteiger partial charge in [0.15, 0.2) is 0 Å². The van der Waals surface area contributed by atoms with Crippen LogP contribution in [0, 0.1) is 5.82 Å². The fraction of sp³-hybridized carbons (Fsp3) is 0.300. The van der Waals surface area contributed by atoms with Gasteiger partial charge in [-0.1, -0.05) is 18.2 Å². The zero-order valence-electron chi connectivity index (χ0n) is 15.8. The van der Waals surface area contributed by atoms with Crippen molar-refractivity contribution in [2.45, 2.75) is 39.3 Å². The quantitative estimate of drug-likeness (QED) is 0.566. The van der Waals surface area contributed by atoms with Gasteiger partial charge in [-0.2, -0.15) is 0 Å². The molecule has 0 spiro atoms. The number of nitrogens with one attached hydrogen (secondary N) is 2. The molecular formula is C20H24FN3O3. The van der Waals surface area contributed by atoms with E-state index in [1.165, 1.54) is 19.1 Å². The Morgan fingerprint density at radius 3 is 2.41 bits per heavy atom. The summed E-state index contributed by atoms with van der Waals surface area (Å²) in [6.45, 7) is 6.70. The largest absolute Gasteiger partial charge is 0.442 e. The maximum Gasteiger partial charge on any atom is 0.429 e. The maximum atomic E-state index is 13.8. The number of carbonyl (C=O) groups is 2. The lowest BCUT2D eigenvalue weighted by atomic mass is 10.2. The number of para-hydroxylation sites is 1. The molecule has 0 radical (unpaired) electrons. The molecule has 1 unspecified atom stereocenters. The van der Waals surface area contributed by atoms with Crippen LogP contribution in [0.3, 0.4) is 0 Å². The van der Waals surface area contributed by atoms with Gasteiger partial charge in [0.1, 0.15) is 23.7 Å². The highest BCUT2D eigenvalue weighted by molar-refractivity contribution is 5.79. The summed E-state index contributed by atoms with van der Waals surface area (Å²) < 4.78 is 19.2. The number of nitrogens with zero attached hydrogens (tertiary/aromatic N) is 1. The second-order valence-corrected chi connectivity index (χ2v) is 7.02. The summed E-state index contributed by atoms with van der Waals surface area (Å²) >= 11 is 0. The number of hydrogen-bond acceptors (Lipinski definition) is 5. The minimum atomic E-state index is -0.826. The number of amides is 1. The summed E-state index contributed by atoms with van der Waals surface area (Å²) in [7, 11) is 0. The van der Waals surface area contributed by atoms with Gasteiger partial charge in [-0.05, 0) is 52.0 Å². The van der Waals surface area contributed by atoms with Gasteiger partial charge < -0.3 is 14.8 Å². The normalized spacial score (nSPS) is 12.0. The molecule has 0 saturated carbocycles. The van der Waals surface area contributed by atoms with Gasteiger partial charge >= 0.3 is 6.09 Å². The molecule has 2 aromatic rings. The van der Waals surface area contributed by atoms with Crippen molar-refractivity contribution < 1.29 is 18.7 Å². The summed E-state index contributed by atoms with van der Waals surface area (Å²) in [6, 6.07) is 12.6. The van der Waals surface area contributed by atoms with E-state index in [4.69, 9.17) is 4.74 Å². The van der Waals surface area contributed by atoms with Crippen LogP contribution >= 0.6 is 0 Å². The number of hydrogen-bond donors (Lipinski definition) is 2. The second-order valence-electron chi connectivity index (χ2n) is 7.02. The van der Waals surface area contributed by atoms with E-state index < -0.39 is 23.6 Å². The Balaban J connectivity index is 2.32. The Kier molecular flexibility index (Phi) is 6.39. The van der Waals surface area contributed by atoms with Gasteiger partial charge in [0, 0.05) is 11.8 Å². The van der Waals surface area contributed by atoms with Crippen LogP contribution in [0.2, 0.25) is 0 Å². The molecule has 6 nitrogen and oxygen atoms in total. The minimum absolute atomic E-state index is 0.290. The Morgan fingerprint density at radius 2 is 1.81 bits per heavy atom. The van der Waals surface area contributed by atoms with E-state index in [0.717, 1.165) is 10.7 Å². The first-order valence-electron chi connectivity index (χ1n) is 8.55. The maximum absolute atomic E-state index is 13.8. The zero-order chi connectivity index (χ0) is 20.0. The minimum Gasteiger partial charge on any atom is -0.442 e. The average Bonchev–Trinajstić information content (AvgIpc) is 2.60. The number of ether oxygens (including phenoxy) is 1. The van der Waals surface area contributed by atoms with Crippen molar-refractivity contribution in [1.82, 2.24) is 5.01 Å². The van der Waals surface area contributed by atoms with Crippen LogP contribution in [0.1, 0.15) is 27.7 Å². The van der Waals surface area contributed by atoms with Gasteiger partial charge in [0.05, 0.1) is 11.4 Å². The van der Waals surface area contributed by atoms with Crippen molar-refractivity contribution in [3.05, 3.63) is 54.3 Å². The Labute approximate surface area is 158 Å². The highest BCUT2D eigenvalue weighted by Crippen LogP contribution is 2.27. The molecule has 0 aliphatic rings. The highest BCUT2D eigenvalue weighted by Gasteiger charge is 2.27. The van der Waals surface area contributed by atoms with Gasteiger partial charge in [-0.25, -0.2) is 14.2 Å². The number of hydrazine groups is 1. The molecule has 0 aliphatic carbocycles. The molecule has 27 heavy (non-hydrogen) atoms. The molecule has 0 heterocycles. The van der Waals surface area contributed by atoms with E-state index in [0.29, 0.717) is 17.7 Å². The number of halogens is 1. The standard InChI is InChI=1S/C20H24FN3O3/c1-14(13-25)24(19(26)27-20(2,3)4)23-18-12-15(21)10-11-17(18)22-16-8-6-5-7-9-16/h5-14,22-23H,1-4H3. The van der Waals surface area contributed by atoms with Gasteiger partial charge in [0.25, 0.3) is 0 Å². The van der Waals surface area contributed by atoms with E-state index in [-0.39, 0.29) is 0 Å². The number of carbonyl (C=O) groups excluding carboxylic acids is 2. The van der Waals surface area contributed by atoms with Crippen LogP contribution in [0.4, 0.5) is 26.2 Å². The number of rotatable bonds is 6.